The SMILES string of the molecule is Fc1ccc(-c2noc(C3CCCN(c4ncc(C(F)(F)F)cc4Cl)C3)n2)cc1. The van der Waals surface area contributed by atoms with Crippen LogP contribution in [-0.4, -0.2) is 28.2 Å². The Balaban J connectivity index is 1.53. The van der Waals surface area contributed by atoms with Crippen LogP contribution in [0.1, 0.15) is 30.2 Å². The molecule has 1 aliphatic rings. The van der Waals surface area contributed by atoms with E-state index in [1.54, 1.807) is 12.1 Å². The number of anilines is 1. The number of benzene rings is 1. The molecule has 1 fully saturated rings. The van der Waals surface area contributed by atoms with Gasteiger partial charge in [-0.05, 0) is 43.2 Å². The largest absolute Gasteiger partial charge is 0.417 e. The van der Waals surface area contributed by atoms with Crippen molar-refractivity contribution in [3.63, 3.8) is 0 Å². The van der Waals surface area contributed by atoms with Crippen molar-refractivity contribution in [2.24, 2.45) is 0 Å². The quantitative estimate of drug-likeness (QED) is 0.530. The zero-order valence-electron chi connectivity index (χ0n) is 15.0. The Morgan fingerprint density at radius 2 is 1.93 bits per heavy atom. The molecule has 1 unspecified atom stereocenters. The van der Waals surface area contributed by atoms with Gasteiger partial charge in [0.25, 0.3) is 0 Å². The fourth-order valence-corrected chi connectivity index (χ4v) is 3.59. The zero-order valence-corrected chi connectivity index (χ0v) is 15.7. The number of pyridine rings is 1. The molecule has 152 valence electrons. The number of piperidine rings is 1. The molecule has 0 spiro atoms. The first kappa shape index (κ1) is 19.6. The maximum atomic E-state index is 13.1. The fourth-order valence-electron chi connectivity index (χ4n) is 3.31. The third-order valence-electron chi connectivity index (χ3n) is 4.76. The molecule has 5 nitrogen and oxygen atoms in total. The predicted molar refractivity (Wildman–Crippen MR) is 98.1 cm³/mol. The second-order valence-corrected chi connectivity index (χ2v) is 7.18. The summed E-state index contributed by atoms with van der Waals surface area (Å²) in [5.74, 6) is 0.578. The fraction of sp³-hybridized carbons (Fsp3) is 0.316. The van der Waals surface area contributed by atoms with Crippen molar-refractivity contribution in [2.75, 3.05) is 18.0 Å². The van der Waals surface area contributed by atoms with E-state index in [1.807, 2.05) is 4.90 Å². The Morgan fingerprint density at radius 1 is 1.17 bits per heavy atom. The van der Waals surface area contributed by atoms with Crippen LogP contribution in [0, 0.1) is 5.82 Å². The zero-order chi connectivity index (χ0) is 20.6. The molecule has 1 atom stereocenters. The van der Waals surface area contributed by atoms with Gasteiger partial charge >= 0.3 is 6.18 Å². The van der Waals surface area contributed by atoms with Crippen molar-refractivity contribution < 1.29 is 22.1 Å². The van der Waals surface area contributed by atoms with Gasteiger partial charge in [-0.2, -0.15) is 18.2 Å². The molecule has 0 saturated carbocycles. The number of rotatable bonds is 3. The van der Waals surface area contributed by atoms with Gasteiger partial charge in [-0.3, -0.25) is 0 Å². The molecule has 0 amide bonds. The van der Waals surface area contributed by atoms with E-state index in [2.05, 4.69) is 15.1 Å². The summed E-state index contributed by atoms with van der Waals surface area (Å²) < 4.78 is 56.9. The van der Waals surface area contributed by atoms with Crippen LogP contribution in [0.5, 0.6) is 0 Å². The van der Waals surface area contributed by atoms with E-state index in [-0.39, 0.29) is 16.8 Å². The first-order valence-corrected chi connectivity index (χ1v) is 9.26. The highest BCUT2D eigenvalue weighted by Crippen LogP contribution is 2.36. The van der Waals surface area contributed by atoms with E-state index in [0.717, 1.165) is 25.1 Å². The molecule has 0 bridgehead atoms. The van der Waals surface area contributed by atoms with Crippen molar-refractivity contribution in [1.29, 1.82) is 0 Å². The minimum absolute atomic E-state index is 0.0574. The topological polar surface area (TPSA) is 55.1 Å². The van der Waals surface area contributed by atoms with Gasteiger partial charge in [0.2, 0.25) is 11.7 Å². The molecule has 3 heterocycles. The number of halogens is 5. The second-order valence-electron chi connectivity index (χ2n) is 6.78. The molecule has 0 aliphatic carbocycles. The summed E-state index contributed by atoms with van der Waals surface area (Å²) in [4.78, 5) is 10.1. The Labute approximate surface area is 168 Å². The predicted octanol–water partition coefficient (Wildman–Crippen LogP) is 5.33. The molecule has 0 radical (unpaired) electrons. The molecule has 1 aromatic carbocycles. The summed E-state index contributed by atoms with van der Waals surface area (Å²) in [5.41, 5.74) is -0.262. The summed E-state index contributed by atoms with van der Waals surface area (Å²) in [5, 5.41) is 3.89. The molecular weight excluding hydrogens is 412 g/mol. The number of hydrogen-bond acceptors (Lipinski definition) is 5. The summed E-state index contributed by atoms with van der Waals surface area (Å²) in [7, 11) is 0. The lowest BCUT2D eigenvalue weighted by atomic mass is 9.98. The molecule has 10 heteroatoms. The second kappa shape index (κ2) is 7.62. The third kappa shape index (κ3) is 4.19. The first-order valence-electron chi connectivity index (χ1n) is 8.88. The lowest BCUT2D eigenvalue weighted by Gasteiger charge is -2.32. The van der Waals surface area contributed by atoms with Crippen molar-refractivity contribution >= 4 is 17.4 Å². The van der Waals surface area contributed by atoms with Crippen molar-refractivity contribution in [2.45, 2.75) is 24.9 Å². The number of alkyl halides is 3. The Hall–Kier alpha value is -2.68. The van der Waals surface area contributed by atoms with Crippen molar-refractivity contribution in [3.8, 4) is 11.4 Å². The maximum Gasteiger partial charge on any atom is 0.417 e. The standard InChI is InChI=1S/C19H15ClF4N4O/c20-15-8-13(19(22,23)24)9-25-17(15)28-7-1-2-12(10-28)18-26-16(27-29-18)11-3-5-14(21)6-4-11/h3-6,8-9,12H,1-2,7,10H2. The lowest BCUT2D eigenvalue weighted by Crippen LogP contribution is -2.35. The Kier molecular flexibility index (Phi) is 5.16. The van der Waals surface area contributed by atoms with E-state index in [1.165, 1.54) is 12.1 Å². The molecule has 29 heavy (non-hydrogen) atoms. The van der Waals surface area contributed by atoms with Crippen LogP contribution in [-0.2, 0) is 6.18 Å². The van der Waals surface area contributed by atoms with E-state index < -0.39 is 11.7 Å². The smallest absolute Gasteiger partial charge is 0.355 e. The number of hydrogen-bond donors (Lipinski definition) is 0. The van der Waals surface area contributed by atoms with Gasteiger partial charge in [-0.1, -0.05) is 16.8 Å². The van der Waals surface area contributed by atoms with E-state index in [9.17, 15) is 17.6 Å². The minimum Gasteiger partial charge on any atom is -0.355 e. The van der Waals surface area contributed by atoms with Crippen LogP contribution in [0.2, 0.25) is 5.02 Å². The molecule has 0 N–H and O–H groups in total. The Morgan fingerprint density at radius 3 is 2.62 bits per heavy atom. The number of nitrogens with zero attached hydrogens (tertiary/aromatic N) is 4. The van der Waals surface area contributed by atoms with Crippen LogP contribution >= 0.6 is 11.6 Å². The summed E-state index contributed by atoms with van der Waals surface area (Å²) in [6.07, 6.45) is -2.18. The van der Waals surface area contributed by atoms with E-state index in [4.69, 9.17) is 16.1 Å². The van der Waals surface area contributed by atoms with Gasteiger partial charge in [0.15, 0.2) is 0 Å². The van der Waals surface area contributed by atoms with Crippen LogP contribution in [0.15, 0.2) is 41.1 Å². The minimum atomic E-state index is -4.50. The average Bonchev–Trinajstić information content (AvgIpc) is 3.18. The summed E-state index contributed by atoms with van der Waals surface area (Å²) >= 11 is 6.07. The first-order chi connectivity index (χ1) is 13.8. The van der Waals surface area contributed by atoms with Crippen molar-refractivity contribution in [1.82, 2.24) is 15.1 Å². The number of aromatic nitrogens is 3. The van der Waals surface area contributed by atoms with Gasteiger partial charge in [-0.15, -0.1) is 0 Å². The highest BCUT2D eigenvalue weighted by atomic mass is 35.5. The van der Waals surface area contributed by atoms with Crippen LogP contribution < -0.4 is 4.90 Å². The van der Waals surface area contributed by atoms with Gasteiger partial charge in [0.05, 0.1) is 16.5 Å². The van der Waals surface area contributed by atoms with E-state index >= 15 is 0 Å². The van der Waals surface area contributed by atoms with E-state index in [0.29, 0.717) is 36.2 Å². The third-order valence-corrected chi connectivity index (χ3v) is 5.04. The van der Waals surface area contributed by atoms with Crippen LogP contribution in [0.25, 0.3) is 11.4 Å². The summed E-state index contributed by atoms with van der Waals surface area (Å²) in [6, 6.07) is 6.62. The molecule has 4 rings (SSSR count). The molecular formula is C19H15ClF4N4O. The average molecular weight is 427 g/mol. The Bertz CT molecular complexity index is 1010. The van der Waals surface area contributed by atoms with Crippen molar-refractivity contribution in [3.05, 3.63) is 58.8 Å². The van der Waals surface area contributed by atoms with Gasteiger partial charge in [0.1, 0.15) is 11.6 Å². The van der Waals surface area contributed by atoms with Crippen LogP contribution in [0.4, 0.5) is 23.4 Å². The molecule has 3 aromatic rings. The monoisotopic (exact) mass is 426 g/mol. The van der Waals surface area contributed by atoms with Gasteiger partial charge < -0.3 is 9.42 Å². The molecule has 1 aliphatic heterocycles. The highest BCUT2D eigenvalue weighted by molar-refractivity contribution is 6.33. The van der Waals surface area contributed by atoms with Crippen LogP contribution in [0.3, 0.4) is 0 Å². The highest BCUT2D eigenvalue weighted by Gasteiger charge is 2.33. The molecule has 2 aromatic heterocycles. The van der Waals surface area contributed by atoms with Gasteiger partial charge in [0, 0.05) is 24.8 Å². The van der Waals surface area contributed by atoms with Gasteiger partial charge in [-0.25, -0.2) is 9.37 Å². The lowest BCUT2D eigenvalue weighted by molar-refractivity contribution is -0.137. The normalized spacial score (nSPS) is 17.6. The maximum absolute atomic E-state index is 13.1. The molecule has 1 saturated heterocycles. The summed E-state index contributed by atoms with van der Waals surface area (Å²) in [6.45, 7) is 1.04.